The average molecular weight is 268 g/mol. The summed E-state index contributed by atoms with van der Waals surface area (Å²) in [7, 11) is 0. The van der Waals surface area contributed by atoms with Gasteiger partial charge in [-0.3, -0.25) is 0 Å². The smallest absolute Gasteiger partial charge is 0.382 e. The third-order valence-corrected chi connectivity index (χ3v) is 2.47. The van der Waals surface area contributed by atoms with Gasteiger partial charge in [0, 0.05) is 11.6 Å². The number of rotatable bonds is 5. The van der Waals surface area contributed by atoms with Crippen LogP contribution in [0.1, 0.15) is 5.56 Å². The summed E-state index contributed by atoms with van der Waals surface area (Å²) in [5, 5.41) is 11.9. The normalized spacial score (nSPS) is 13.7. The van der Waals surface area contributed by atoms with Crippen LogP contribution in [0.5, 0.6) is 0 Å². The first-order chi connectivity index (χ1) is 7.89. The molecule has 1 atom stereocenters. The summed E-state index contributed by atoms with van der Waals surface area (Å²) in [5.41, 5.74) is 0.975. The van der Waals surface area contributed by atoms with Crippen molar-refractivity contribution in [3.8, 4) is 0 Å². The number of aliphatic hydroxyl groups excluding tert-OH is 1. The van der Waals surface area contributed by atoms with Crippen LogP contribution in [0, 0.1) is 0 Å². The average Bonchev–Trinajstić information content (AvgIpc) is 2.25. The Bertz CT molecular complexity index is 340. The van der Waals surface area contributed by atoms with E-state index in [0.29, 0.717) is 18.0 Å². The zero-order valence-corrected chi connectivity index (χ0v) is 9.72. The van der Waals surface area contributed by atoms with Gasteiger partial charge in [-0.25, -0.2) is 0 Å². The fourth-order valence-corrected chi connectivity index (χ4v) is 1.36. The second kappa shape index (κ2) is 6.23. The number of hydrogen-bond acceptors (Lipinski definition) is 2. The van der Waals surface area contributed by atoms with E-state index in [4.69, 9.17) is 16.7 Å². The van der Waals surface area contributed by atoms with Gasteiger partial charge >= 0.3 is 6.18 Å². The van der Waals surface area contributed by atoms with E-state index in [0.717, 1.165) is 5.56 Å². The third-order valence-electron chi connectivity index (χ3n) is 2.22. The fourth-order valence-electron chi connectivity index (χ4n) is 1.24. The lowest BCUT2D eigenvalue weighted by molar-refractivity contribution is -0.201. The highest BCUT2D eigenvalue weighted by atomic mass is 35.5. The Labute approximate surface area is 102 Å². The van der Waals surface area contributed by atoms with E-state index < -0.39 is 18.8 Å². The zero-order valence-electron chi connectivity index (χ0n) is 8.97. The molecule has 0 aliphatic rings. The van der Waals surface area contributed by atoms with Crippen molar-refractivity contribution < 1.29 is 18.3 Å². The molecule has 0 amide bonds. The van der Waals surface area contributed by atoms with Gasteiger partial charge in [0.05, 0.1) is 0 Å². The highest BCUT2D eigenvalue weighted by molar-refractivity contribution is 6.30. The van der Waals surface area contributed by atoms with Gasteiger partial charge in [-0.05, 0) is 30.7 Å². The molecule has 0 heterocycles. The molecule has 0 radical (unpaired) electrons. The predicted octanol–water partition coefficient (Wildman–Crippen LogP) is 2.40. The Morgan fingerprint density at radius 1 is 1.24 bits per heavy atom. The number of halogens is 4. The predicted molar refractivity (Wildman–Crippen MR) is 60.1 cm³/mol. The fraction of sp³-hybridized carbons (Fsp3) is 0.455. The third kappa shape index (κ3) is 5.39. The van der Waals surface area contributed by atoms with Gasteiger partial charge in [-0.1, -0.05) is 23.7 Å². The Kier molecular flexibility index (Phi) is 5.24. The zero-order chi connectivity index (χ0) is 12.9. The van der Waals surface area contributed by atoms with Gasteiger partial charge in [0.15, 0.2) is 6.10 Å². The van der Waals surface area contributed by atoms with E-state index in [-0.39, 0.29) is 0 Å². The van der Waals surface area contributed by atoms with E-state index in [9.17, 15) is 13.2 Å². The molecule has 0 unspecified atom stereocenters. The first kappa shape index (κ1) is 14.3. The van der Waals surface area contributed by atoms with E-state index in [1.54, 1.807) is 12.1 Å². The standard InChI is InChI=1S/C11H13ClF3NO/c12-9-3-1-8(2-4-9)5-6-16-7-10(17)11(13,14)15/h1-4,10,16-17H,5-7H2/t10-/m0/s1. The van der Waals surface area contributed by atoms with Gasteiger partial charge in [-0.15, -0.1) is 0 Å². The largest absolute Gasteiger partial charge is 0.415 e. The van der Waals surface area contributed by atoms with E-state index in [2.05, 4.69) is 5.32 Å². The molecule has 96 valence electrons. The maximum atomic E-state index is 11.9. The molecule has 0 spiro atoms. The summed E-state index contributed by atoms with van der Waals surface area (Å²) < 4.78 is 35.8. The molecule has 6 heteroatoms. The van der Waals surface area contributed by atoms with Gasteiger partial charge in [0.2, 0.25) is 0 Å². The number of nitrogens with one attached hydrogen (secondary N) is 1. The molecule has 1 rings (SSSR count). The molecule has 0 saturated carbocycles. The second-order valence-corrected chi connectivity index (χ2v) is 4.07. The van der Waals surface area contributed by atoms with Crippen LogP contribution in [0.2, 0.25) is 5.02 Å². The van der Waals surface area contributed by atoms with Crippen LogP contribution in [0.25, 0.3) is 0 Å². The molecule has 0 fully saturated rings. The van der Waals surface area contributed by atoms with Crippen molar-refractivity contribution in [2.75, 3.05) is 13.1 Å². The van der Waals surface area contributed by atoms with E-state index in [1.807, 2.05) is 12.1 Å². The molecule has 0 aromatic heterocycles. The molecule has 17 heavy (non-hydrogen) atoms. The minimum Gasteiger partial charge on any atom is -0.382 e. The summed E-state index contributed by atoms with van der Waals surface area (Å²) in [6.07, 6.45) is -6.29. The van der Waals surface area contributed by atoms with Crippen molar-refractivity contribution >= 4 is 11.6 Å². The highest BCUT2D eigenvalue weighted by Gasteiger charge is 2.37. The molecular formula is C11H13ClF3NO. The second-order valence-electron chi connectivity index (χ2n) is 3.64. The van der Waals surface area contributed by atoms with Gasteiger partial charge in [-0.2, -0.15) is 13.2 Å². The minimum absolute atomic E-state index is 0.370. The molecule has 2 nitrogen and oxygen atoms in total. The summed E-state index contributed by atoms with van der Waals surface area (Å²) in [6.45, 7) is -0.119. The van der Waals surface area contributed by atoms with Crippen molar-refractivity contribution in [3.63, 3.8) is 0 Å². The van der Waals surface area contributed by atoms with Crippen LogP contribution in [-0.4, -0.2) is 30.5 Å². The Balaban J connectivity index is 2.23. The van der Waals surface area contributed by atoms with Gasteiger partial charge < -0.3 is 10.4 Å². The lowest BCUT2D eigenvalue weighted by Crippen LogP contribution is -2.38. The lowest BCUT2D eigenvalue weighted by Gasteiger charge is -2.14. The molecule has 0 saturated heterocycles. The van der Waals surface area contributed by atoms with Crippen LogP contribution in [-0.2, 0) is 6.42 Å². The van der Waals surface area contributed by atoms with Crippen LogP contribution >= 0.6 is 11.6 Å². The number of benzene rings is 1. The van der Waals surface area contributed by atoms with Crippen LogP contribution in [0.3, 0.4) is 0 Å². The van der Waals surface area contributed by atoms with Crippen molar-refractivity contribution in [3.05, 3.63) is 34.9 Å². The first-order valence-electron chi connectivity index (χ1n) is 5.09. The molecule has 0 aliphatic heterocycles. The first-order valence-corrected chi connectivity index (χ1v) is 5.47. The highest BCUT2D eigenvalue weighted by Crippen LogP contribution is 2.19. The summed E-state index contributed by atoms with van der Waals surface area (Å²) >= 11 is 5.69. The van der Waals surface area contributed by atoms with Crippen molar-refractivity contribution in [1.82, 2.24) is 5.32 Å². The SMILES string of the molecule is O[C@@H](CNCCc1ccc(Cl)cc1)C(F)(F)F. The van der Waals surface area contributed by atoms with Crippen molar-refractivity contribution in [2.24, 2.45) is 0 Å². The number of alkyl halides is 3. The van der Waals surface area contributed by atoms with E-state index >= 15 is 0 Å². The molecule has 2 N–H and O–H groups in total. The Hall–Kier alpha value is -0.780. The van der Waals surface area contributed by atoms with E-state index in [1.165, 1.54) is 0 Å². The van der Waals surface area contributed by atoms with Gasteiger partial charge in [0.1, 0.15) is 0 Å². The molecule has 1 aromatic rings. The minimum atomic E-state index is -4.56. The van der Waals surface area contributed by atoms with Crippen LogP contribution < -0.4 is 5.32 Å². The quantitative estimate of drug-likeness (QED) is 0.803. The topological polar surface area (TPSA) is 32.3 Å². The van der Waals surface area contributed by atoms with Crippen molar-refractivity contribution in [1.29, 1.82) is 0 Å². The molecule has 0 aliphatic carbocycles. The van der Waals surface area contributed by atoms with Gasteiger partial charge in [0.25, 0.3) is 0 Å². The summed E-state index contributed by atoms with van der Waals surface area (Å²) in [4.78, 5) is 0. The monoisotopic (exact) mass is 267 g/mol. The Morgan fingerprint density at radius 3 is 2.35 bits per heavy atom. The molecular weight excluding hydrogens is 255 g/mol. The summed E-state index contributed by atoms with van der Waals surface area (Å²) in [6, 6.07) is 7.07. The molecule has 0 bridgehead atoms. The Morgan fingerprint density at radius 2 is 1.82 bits per heavy atom. The summed E-state index contributed by atoms with van der Waals surface area (Å²) in [5.74, 6) is 0. The maximum absolute atomic E-state index is 11.9. The number of hydrogen-bond donors (Lipinski definition) is 2. The van der Waals surface area contributed by atoms with Crippen LogP contribution in [0.15, 0.2) is 24.3 Å². The van der Waals surface area contributed by atoms with Crippen LogP contribution in [0.4, 0.5) is 13.2 Å². The molecule has 1 aromatic carbocycles. The number of aliphatic hydroxyl groups is 1. The van der Waals surface area contributed by atoms with Crippen molar-refractivity contribution in [2.45, 2.75) is 18.7 Å². The maximum Gasteiger partial charge on any atom is 0.415 e. The lowest BCUT2D eigenvalue weighted by atomic mass is 10.1.